The number of anilines is 1. The van der Waals surface area contributed by atoms with Crippen LogP contribution in [0.5, 0.6) is 0 Å². The normalized spacial score (nSPS) is 11.5. The van der Waals surface area contributed by atoms with Gasteiger partial charge >= 0.3 is 0 Å². The highest BCUT2D eigenvalue weighted by atomic mass is 32.2. The van der Waals surface area contributed by atoms with Gasteiger partial charge in [0.15, 0.2) is 0 Å². The average Bonchev–Trinajstić information content (AvgIpc) is 2.90. The van der Waals surface area contributed by atoms with E-state index < -0.39 is 0 Å². The van der Waals surface area contributed by atoms with Gasteiger partial charge in [0.25, 0.3) is 0 Å². The van der Waals surface area contributed by atoms with Crippen molar-refractivity contribution in [2.45, 2.75) is 27.2 Å². The lowest BCUT2D eigenvalue weighted by molar-refractivity contribution is 1.06. The van der Waals surface area contributed by atoms with E-state index in [1.54, 1.807) is 23.1 Å². The summed E-state index contributed by atoms with van der Waals surface area (Å²) in [7, 11) is 0. The Hall–Kier alpha value is -1.66. The maximum atomic E-state index is 4.54. The summed E-state index contributed by atoms with van der Waals surface area (Å²) in [6.45, 7) is 9.83. The van der Waals surface area contributed by atoms with Gasteiger partial charge in [0.05, 0.1) is 27.2 Å². The lowest BCUT2D eigenvalue weighted by Crippen LogP contribution is -1.98. The van der Waals surface area contributed by atoms with Crippen molar-refractivity contribution in [3.8, 4) is 0 Å². The number of aliphatic imine (C=N–C) groups is 1. The molecule has 2 aromatic heterocycles. The Morgan fingerprint density at radius 3 is 2.86 bits per heavy atom. The molecule has 116 valence electrons. The maximum absolute atomic E-state index is 4.54. The van der Waals surface area contributed by atoms with Crippen molar-refractivity contribution in [1.29, 1.82) is 0 Å². The second-order valence-electron chi connectivity index (χ2n) is 4.75. The summed E-state index contributed by atoms with van der Waals surface area (Å²) in [5, 5.41) is 6.42. The van der Waals surface area contributed by atoms with Crippen LogP contribution in [0.25, 0.3) is 5.70 Å². The van der Waals surface area contributed by atoms with Crippen molar-refractivity contribution in [2.75, 3.05) is 11.2 Å². The molecule has 0 saturated heterocycles. The number of nitrogens with one attached hydrogen (secondary N) is 1. The number of rotatable bonds is 7. The number of aryl methyl sites for hydroxylation is 3. The van der Waals surface area contributed by atoms with Crippen molar-refractivity contribution in [1.82, 2.24) is 9.97 Å². The number of thioether (sulfide) groups is 1. The van der Waals surface area contributed by atoms with Gasteiger partial charge in [0.1, 0.15) is 5.82 Å². The zero-order valence-corrected chi connectivity index (χ0v) is 14.7. The molecule has 0 fully saturated rings. The van der Waals surface area contributed by atoms with Gasteiger partial charge in [-0.05, 0) is 44.0 Å². The van der Waals surface area contributed by atoms with Gasteiger partial charge in [-0.2, -0.15) is 0 Å². The van der Waals surface area contributed by atoms with Crippen LogP contribution in [0.3, 0.4) is 0 Å². The van der Waals surface area contributed by atoms with Gasteiger partial charge in [0.2, 0.25) is 0 Å². The maximum Gasteiger partial charge on any atom is 0.126 e. The average molecular weight is 332 g/mol. The zero-order valence-electron chi connectivity index (χ0n) is 13.1. The predicted molar refractivity (Wildman–Crippen MR) is 98.8 cm³/mol. The molecule has 2 heterocycles. The Bertz CT molecular complexity index is 659. The van der Waals surface area contributed by atoms with E-state index >= 15 is 0 Å². The van der Waals surface area contributed by atoms with Crippen LogP contribution < -0.4 is 5.32 Å². The molecule has 0 aliphatic carbocycles. The van der Waals surface area contributed by atoms with E-state index in [0.29, 0.717) is 0 Å². The van der Waals surface area contributed by atoms with Gasteiger partial charge in [0, 0.05) is 6.20 Å². The Morgan fingerprint density at radius 1 is 1.45 bits per heavy atom. The molecular weight excluding hydrogens is 312 g/mol. The van der Waals surface area contributed by atoms with Crippen LogP contribution in [0.4, 0.5) is 5.82 Å². The first kappa shape index (κ1) is 16.7. The number of nitrogens with zero attached hydrogens (tertiary/aromatic N) is 3. The Labute approximate surface area is 139 Å². The number of hydrogen-bond donors (Lipinski definition) is 1. The Morgan fingerprint density at radius 2 is 2.27 bits per heavy atom. The highest BCUT2D eigenvalue weighted by Gasteiger charge is 2.10. The molecule has 1 N–H and O–H groups in total. The number of pyridine rings is 1. The highest BCUT2D eigenvalue weighted by molar-refractivity contribution is 8.02. The van der Waals surface area contributed by atoms with Crippen LogP contribution in [-0.4, -0.2) is 22.6 Å². The van der Waals surface area contributed by atoms with Crippen molar-refractivity contribution in [3.05, 3.63) is 44.9 Å². The first-order chi connectivity index (χ1) is 10.6. The standard InChI is InChI=1S/C16H20N4S2/c1-5-15-20-12(3)16(22-15)13(17-4)9-21-10-19-14-7-6-11(2)8-18-14/h6-9H,4-5,10H2,1-3H3,(H,18,19)/b13-9-. The fourth-order valence-electron chi connectivity index (χ4n) is 1.81. The summed E-state index contributed by atoms with van der Waals surface area (Å²) in [5.41, 5.74) is 3.07. The SMILES string of the molecule is C=N/C(=C\SCNc1ccc(C)cn1)c1sc(CC)nc1C. The fourth-order valence-corrected chi connectivity index (χ4v) is 3.54. The monoisotopic (exact) mass is 332 g/mol. The minimum atomic E-state index is 0.730. The van der Waals surface area contributed by atoms with Crippen molar-refractivity contribution < 1.29 is 0 Å². The third-order valence-corrected chi connectivity index (χ3v) is 5.01. The third kappa shape index (κ3) is 4.42. The quantitative estimate of drug-likeness (QED) is 0.460. The van der Waals surface area contributed by atoms with Crippen LogP contribution in [0.1, 0.15) is 28.1 Å². The number of hydrogen-bond acceptors (Lipinski definition) is 6. The Balaban J connectivity index is 1.96. The molecule has 0 saturated carbocycles. The van der Waals surface area contributed by atoms with Crippen LogP contribution in [-0.2, 0) is 6.42 Å². The predicted octanol–water partition coefficient (Wildman–Crippen LogP) is 4.52. The minimum Gasteiger partial charge on any atom is -0.361 e. The van der Waals surface area contributed by atoms with E-state index in [1.165, 1.54) is 0 Å². The first-order valence-corrected chi connectivity index (χ1v) is 8.92. The van der Waals surface area contributed by atoms with Gasteiger partial charge in [-0.3, -0.25) is 4.99 Å². The Kier molecular flexibility index (Phi) is 6.15. The third-order valence-electron chi connectivity index (χ3n) is 2.99. The molecule has 0 aromatic carbocycles. The molecule has 0 radical (unpaired) electrons. The molecule has 4 nitrogen and oxygen atoms in total. The first-order valence-electron chi connectivity index (χ1n) is 7.05. The van der Waals surface area contributed by atoms with Gasteiger partial charge in [-0.25, -0.2) is 9.97 Å². The summed E-state index contributed by atoms with van der Waals surface area (Å²) >= 11 is 3.33. The van der Waals surface area contributed by atoms with E-state index in [9.17, 15) is 0 Å². The molecular formula is C16H20N4S2. The van der Waals surface area contributed by atoms with Gasteiger partial charge < -0.3 is 5.32 Å². The molecule has 0 atom stereocenters. The molecule has 6 heteroatoms. The second kappa shape index (κ2) is 8.10. The van der Waals surface area contributed by atoms with Crippen LogP contribution in [0.15, 0.2) is 28.7 Å². The highest BCUT2D eigenvalue weighted by Crippen LogP contribution is 2.29. The molecule has 0 aliphatic heterocycles. The fraction of sp³-hybridized carbons (Fsp3) is 0.312. The van der Waals surface area contributed by atoms with Crippen LogP contribution in [0, 0.1) is 13.8 Å². The molecule has 22 heavy (non-hydrogen) atoms. The topological polar surface area (TPSA) is 50.2 Å². The van der Waals surface area contributed by atoms with Crippen molar-refractivity contribution >= 4 is 41.3 Å². The molecule has 2 aromatic rings. The molecule has 0 bridgehead atoms. The smallest absolute Gasteiger partial charge is 0.126 e. The van der Waals surface area contributed by atoms with Crippen LogP contribution in [0.2, 0.25) is 0 Å². The lowest BCUT2D eigenvalue weighted by Gasteiger charge is -2.04. The van der Waals surface area contributed by atoms with Gasteiger partial charge in [-0.1, -0.05) is 13.0 Å². The van der Waals surface area contributed by atoms with E-state index in [1.807, 2.05) is 37.6 Å². The summed E-state index contributed by atoms with van der Waals surface area (Å²) in [4.78, 5) is 14.1. The largest absolute Gasteiger partial charge is 0.361 e. The van der Waals surface area contributed by atoms with Crippen LogP contribution >= 0.6 is 23.1 Å². The summed E-state index contributed by atoms with van der Waals surface area (Å²) in [5.74, 6) is 1.61. The molecule has 0 aliphatic rings. The lowest BCUT2D eigenvalue weighted by atomic mass is 10.3. The van der Waals surface area contributed by atoms with Crippen molar-refractivity contribution in [3.63, 3.8) is 0 Å². The zero-order chi connectivity index (χ0) is 15.9. The summed E-state index contributed by atoms with van der Waals surface area (Å²) in [6.07, 6.45) is 2.80. The van der Waals surface area contributed by atoms with Crippen molar-refractivity contribution in [2.24, 2.45) is 4.99 Å². The van der Waals surface area contributed by atoms with E-state index in [0.717, 1.165) is 45.0 Å². The van der Waals surface area contributed by atoms with E-state index in [4.69, 9.17) is 0 Å². The minimum absolute atomic E-state index is 0.730. The van der Waals surface area contributed by atoms with Gasteiger partial charge in [-0.15, -0.1) is 23.1 Å². The molecule has 0 spiro atoms. The number of aromatic nitrogens is 2. The van der Waals surface area contributed by atoms with E-state index in [-0.39, 0.29) is 0 Å². The van der Waals surface area contributed by atoms with E-state index in [2.05, 4.69) is 33.9 Å². The molecule has 2 rings (SSSR count). The molecule has 0 amide bonds. The summed E-state index contributed by atoms with van der Waals surface area (Å²) < 4.78 is 0. The second-order valence-corrected chi connectivity index (χ2v) is 6.69. The number of thiazole rings is 1. The molecule has 0 unspecified atom stereocenters. The summed E-state index contributed by atoms with van der Waals surface area (Å²) in [6, 6.07) is 4.02.